The summed E-state index contributed by atoms with van der Waals surface area (Å²) in [5, 5.41) is 0. The van der Waals surface area contributed by atoms with Gasteiger partial charge in [-0.2, -0.15) is 0 Å². The molecule has 0 amide bonds. The van der Waals surface area contributed by atoms with Crippen LogP contribution in [0.5, 0.6) is 0 Å². The van der Waals surface area contributed by atoms with Gasteiger partial charge in [0.1, 0.15) is 18.2 Å². The number of thiol groups is 1. The lowest BCUT2D eigenvalue weighted by molar-refractivity contribution is -0.140. The molecule has 0 bridgehead atoms. The predicted octanol–water partition coefficient (Wildman–Crippen LogP) is 1.82. The lowest BCUT2D eigenvalue weighted by atomic mass is 10.1. The zero-order valence-corrected chi connectivity index (χ0v) is 13.8. The minimum absolute atomic E-state index is 0.000633. The maximum atomic E-state index is 13.9. The Morgan fingerprint density at radius 2 is 1.91 bits per heavy atom. The van der Waals surface area contributed by atoms with Crippen LogP contribution in [0.3, 0.4) is 0 Å². The van der Waals surface area contributed by atoms with Crippen LogP contribution < -0.4 is 4.90 Å². The predicted molar refractivity (Wildman–Crippen MR) is 82.7 cm³/mol. The van der Waals surface area contributed by atoms with Gasteiger partial charge in [-0.1, -0.05) is 0 Å². The number of carbonyl (C=O) groups excluding carboxylic acids is 2. The number of hydrogen-bond donors (Lipinski definition) is 1. The quantitative estimate of drug-likeness (QED) is 0.668. The SMILES string of the molecule is COC(=O)C1=C(C(=O)OC)N(c2cc(F)c(C)cc2S)COC1. The molecule has 8 heteroatoms. The Morgan fingerprint density at radius 1 is 1.26 bits per heavy atom. The van der Waals surface area contributed by atoms with Crippen molar-refractivity contribution in [3.05, 3.63) is 34.8 Å². The minimum atomic E-state index is -0.748. The highest BCUT2D eigenvalue weighted by molar-refractivity contribution is 7.80. The number of esters is 2. The van der Waals surface area contributed by atoms with Gasteiger partial charge >= 0.3 is 11.9 Å². The number of rotatable bonds is 3. The Hall–Kier alpha value is -2.06. The molecule has 0 N–H and O–H groups in total. The molecule has 6 nitrogen and oxygen atoms in total. The molecule has 1 heterocycles. The monoisotopic (exact) mass is 341 g/mol. The molecule has 0 fully saturated rings. The molecule has 0 spiro atoms. The molecule has 0 radical (unpaired) electrons. The Balaban J connectivity index is 2.62. The largest absolute Gasteiger partial charge is 0.466 e. The third-order valence-corrected chi connectivity index (χ3v) is 3.74. The molecule has 0 aliphatic carbocycles. The van der Waals surface area contributed by atoms with Gasteiger partial charge in [-0.15, -0.1) is 12.6 Å². The van der Waals surface area contributed by atoms with E-state index in [1.165, 1.54) is 31.3 Å². The van der Waals surface area contributed by atoms with Crippen LogP contribution in [0, 0.1) is 12.7 Å². The molecule has 1 aromatic rings. The number of nitrogens with zero attached hydrogens (tertiary/aromatic N) is 1. The molecule has 124 valence electrons. The van der Waals surface area contributed by atoms with Gasteiger partial charge < -0.3 is 19.1 Å². The molecule has 0 saturated carbocycles. The van der Waals surface area contributed by atoms with Crippen LogP contribution in [0.2, 0.25) is 0 Å². The molecule has 1 aliphatic rings. The van der Waals surface area contributed by atoms with Gasteiger partial charge in [0.15, 0.2) is 0 Å². The zero-order valence-electron chi connectivity index (χ0n) is 12.9. The van der Waals surface area contributed by atoms with E-state index in [9.17, 15) is 14.0 Å². The van der Waals surface area contributed by atoms with Gasteiger partial charge in [0.2, 0.25) is 0 Å². The minimum Gasteiger partial charge on any atom is -0.466 e. The van der Waals surface area contributed by atoms with Crippen molar-refractivity contribution in [3.8, 4) is 0 Å². The lowest BCUT2D eigenvalue weighted by Gasteiger charge is -2.32. The van der Waals surface area contributed by atoms with Crippen molar-refractivity contribution >= 4 is 30.3 Å². The average molecular weight is 341 g/mol. The van der Waals surface area contributed by atoms with Crippen LogP contribution >= 0.6 is 12.6 Å². The summed E-state index contributed by atoms with van der Waals surface area (Å²) in [7, 11) is 2.38. The highest BCUT2D eigenvalue weighted by Crippen LogP contribution is 2.33. The number of benzene rings is 1. The van der Waals surface area contributed by atoms with E-state index in [1.807, 2.05) is 0 Å². The van der Waals surface area contributed by atoms with Crippen LogP contribution in [0.1, 0.15) is 5.56 Å². The fourth-order valence-electron chi connectivity index (χ4n) is 2.21. The molecule has 0 atom stereocenters. The molecule has 1 aromatic carbocycles. The number of anilines is 1. The van der Waals surface area contributed by atoms with Crippen LogP contribution in [0.15, 0.2) is 28.3 Å². The van der Waals surface area contributed by atoms with Crippen LogP contribution in [0.25, 0.3) is 0 Å². The topological polar surface area (TPSA) is 65.1 Å². The van der Waals surface area contributed by atoms with Gasteiger partial charge in [-0.05, 0) is 24.6 Å². The van der Waals surface area contributed by atoms with Gasteiger partial charge in [-0.25, -0.2) is 14.0 Å². The molecule has 0 aromatic heterocycles. The Morgan fingerprint density at radius 3 is 2.52 bits per heavy atom. The van der Waals surface area contributed by atoms with E-state index >= 15 is 0 Å². The Kier molecular flexibility index (Phi) is 5.27. The van der Waals surface area contributed by atoms with Crippen molar-refractivity contribution in [3.63, 3.8) is 0 Å². The first-order valence-electron chi connectivity index (χ1n) is 6.64. The number of hydrogen-bond acceptors (Lipinski definition) is 7. The molecule has 0 saturated heterocycles. The van der Waals surface area contributed by atoms with E-state index in [2.05, 4.69) is 17.4 Å². The smallest absolute Gasteiger partial charge is 0.355 e. The van der Waals surface area contributed by atoms with E-state index in [0.29, 0.717) is 10.5 Å². The highest BCUT2D eigenvalue weighted by Gasteiger charge is 2.33. The summed E-state index contributed by atoms with van der Waals surface area (Å²) >= 11 is 4.31. The molecular weight excluding hydrogens is 325 g/mol. The number of aryl methyl sites for hydroxylation is 1. The number of ether oxygens (including phenoxy) is 3. The van der Waals surface area contributed by atoms with Crippen molar-refractivity contribution in [2.24, 2.45) is 0 Å². The van der Waals surface area contributed by atoms with Crippen molar-refractivity contribution < 1.29 is 28.2 Å². The normalized spacial score (nSPS) is 14.7. The van der Waals surface area contributed by atoms with E-state index in [4.69, 9.17) is 9.47 Å². The third-order valence-electron chi connectivity index (χ3n) is 3.38. The molecule has 1 aliphatic heterocycles. The lowest BCUT2D eigenvalue weighted by Crippen LogP contribution is -2.39. The fraction of sp³-hybridized carbons (Fsp3) is 0.333. The summed E-state index contributed by atoms with van der Waals surface area (Å²) in [6.45, 7) is 1.44. The summed E-state index contributed by atoms with van der Waals surface area (Å²) < 4.78 is 28.7. The second-order valence-corrected chi connectivity index (χ2v) is 5.29. The fourth-order valence-corrected chi connectivity index (χ4v) is 2.58. The second kappa shape index (κ2) is 7.01. The summed E-state index contributed by atoms with van der Waals surface area (Å²) in [5.74, 6) is -1.93. The molecule has 0 unspecified atom stereocenters. The maximum Gasteiger partial charge on any atom is 0.355 e. The van der Waals surface area contributed by atoms with Gasteiger partial charge in [-0.3, -0.25) is 0 Å². The van der Waals surface area contributed by atoms with Gasteiger partial charge in [0.25, 0.3) is 0 Å². The van der Waals surface area contributed by atoms with E-state index in [-0.39, 0.29) is 30.3 Å². The zero-order chi connectivity index (χ0) is 17.1. The summed E-state index contributed by atoms with van der Waals surface area (Å²) in [5.41, 5.74) is 0.648. The maximum absolute atomic E-state index is 13.9. The first-order valence-corrected chi connectivity index (χ1v) is 7.09. The van der Waals surface area contributed by atoms with Crippen LogP contribution in [-0.2, 0) is 23.8 Å². The summed E-state index contributed by atoms with van der Waals surface area (Å²) in [6.07, 6.45) is 0. The van der Waals surface area contributed by atoms with Gasteiger partial charge in [0.05, 0.1) is 32.1 Å². The molecular formula is C15H16FNO5S. The second-order valence-electron chi connectivity index (χ2n) is 4.81. The van der Waals surface area contributed by atoms with Gasteiger partial charge in [0, 0.05) is 4.90 Å². The average Bonchev–Trinajstić information content (AvgIpc) is 2.56. The number of methoxy groups -OCH3 is 2. The summed E-state index contributed by atoms with van der Waals surface area (Å²) in [4.78, 5) is 25.8. The third kappa shape index (κ3) is 3.32. The Labute approximate surface area is 138 Å². The first kappa shape index (κ1) is 17.3. The standard InChI is InChI=1S/C15H16FNO5S/c1-8-4-12(23)11(5-10(8)16)17-7-22-6-9(14(18)20-2)13(17)15(19)21-3/h4-5,23H,6-7H2,1-3H3. The van der Waals surface area contributed by atoms with Crippen molar-refractivity contribution in [1.29, 1.82) is 0 Å². The Bertz CT molecular complexity index is 689. The molecule has 23 heavy (non-hydrogen) atoms. The van der Waals surface area contributed by atoms with Crippen molar-refractivity contribution in [2.45, 2.75) is 11.8 Å². The van der Waals surface area contributed by atoms with Crippen molar-refractivity contribution in [2.75, 3.05) is 32.5 Å². The van der Waals surface area contributed by atoms with Crippen LogP contribution in [0.4, 0.5) is 10.1 Å². The molecule has 2 rings (SSSR count). The van der Waals surface area contributed by atoms with E-state index < -0.39 is 17.8 Å². The van der Waals surface area contributed by atoms with E-state index in [0.717, 1.165) is 0 Å². The number of carbonyl (C=O) groups is 2. The van der Waals surface area contributed by atoms with Crippen LogP contribution in [-0.4, -0.2) is 39.5 Å². The first-order chi connectivity index (χ1) is 10.9. The summed E-state index contributed by atoms with van der Waals surface area (Å²) in [6, 6.07) is 2.75. The highest BCUT2D eigenvalue weighted by atomic mass is 32.1. The van der Waals surface area contributed by atoms with E-state index in [1.54, 1.807) is 6.92 Å². The number of halogens is 1. The van der Waals surface area contributed by atoms with Crippen molar-refractivity contribution in [1.82, 2.24) is 0 Å².